The Labute approximate surface area is 190 Å². The van der Waals surface area contributed by atoms with Gasteiger partial charge in [0.05, 0.1) is 24.4 Å². The highest BCUT2D eigenvalue weighted by Crippen LogP contribution is 2.66. The lowest BCUT2D eigenvalue weighted by molar-refractivity contribution is 0.0608. The summed E-state index contributed by atoms with van der Waals surface area (Å²) in [5.41, 5.74) is 0. The maximum absolute atomic E-state index is 6.71. The van der Waals surface area contributed by atoms with Crippen LogP contribution in [-0.2, 0) is 31.6 Å². The van der Waals surface area contributed by atoms with Gasteiger partial charge in [0.25, 0.3) is 0 Å². The first kappa shape index (κ1) is 24.3. The summed E-state index contributed by atoms with van der Waals surface area (Å²) in [6.45, 7) is 7.77. The van der Waals surface area contributed by atoms with E-state index in [2.05, 4.69) is 20.4 Å². The molecule has 0 radical (unpaired) electrons. The van der Waals surface area contributed by atoms with Crippen molar-refractivity contribution in [2.24, 2.45) is 11.8 Å². The van der Waals surface area contributed by atoms with Gasteiger partial charge in [-0.3, -0.25) is 0 Å². The number of fused-ring (bicyclic) bond motifs is 2. The summed E-state index contributed by atoms with van der Waals surface area (Å²) in [6.07, 6.45) is 8.34. The van der Waals surface area contributed by atoms with Gasteiger partial charge in [0, 0.05) is 45.6 Å². The van der Waals surface area contributed by atoms with Crippen molar-refractivity contribution in [2.75, 3.05) is 34.5 Å². The van der Waals surface area contributed by atoms with Crippen molar-refractivity contribution in [3.8, 4) is 0 Å². The SMILES string of the molecule is CCO[Si](C)(OCC)C(C[Si](OC)(OC)OC)(C1CCC2OC2C1)C1CCC2OC2C1. The van der Waals surface area contributed by atoms with Crippen molar-refractivity contribution in [2.45, 2.75) is 94.4 Å². The monoisotopic (exact) mass is 474 g/mol. The highest BCUT2D eigenvalue weighted by Gasteiger charge is 2.69. The molecule has 2 saturated carbocycles. The first-order valence-electron chi connectivity index (χ1n) is 12.1. The summed E-state index contributed by atoms with van der Waals surface area (Å²) in [4.78, 5) is 0. The second-order valence-electron chi connectivity index (χ2n) is 9.77. The molecular formula is C22H42O7Si2. The molecule has 0 spiro atoms. The Morgan fingerprint density at radius 2 is 1.19 bits per heavy atom. The molecule has 2 heterocycles. The van der Waals surface area contributed by atoms with Crippen LogP contribution in [0.1, 0.15) is 52.4 Å². The van der Waals surface area contributed by atoms with Crippen molar-refractivity contribution in [1.82, 2.24) is 0 Å². The van der Waals surface area contributed by atoms with E-state index in [1.54, 1.807) is 21.3 Å². The van der Waals surface area contributed by atoms with Crippen LogP contribution in [0.2, 0.25) is 17.6 Å². The molecule has 0 aromatic carbocycles. The second-order valence-corrected chi connectivity index (χ2v) is 16.1. The zero-order valence-corrected chi connectivity index (χ0v) is 22.2. The van der Waals surface area contributed by atoms with Crippen LogP contribution in [0, 0.1) is 11.8 Å². The highest BCUT2D eigenvalue weighted by molar-refractivity contribution is 6.73. The lowest BCUT2D eigenvalue weighted by Gasteiger charge is -2.56. The fraction of sp³-hybridized carbons (Fsp3) is 1.00. The van der Waals surface area contributed by atoms with Gasteiger partial charge < -0.3 is 31.6 Å². The van der Waals surface area contributed by atoms with Crippen LogP contribution in [0.3, 0.4) is 0 Å². The van der Waals surface area contributed by atoms with Crippen LogP contribution in [0.15, 0.2) is 0 Å². The molecule has 0 amide bonds. The fourth-order valence-corrected chi connectivity index (χ4v) is 14.8. The Kier molecular flexibility index (Phi) is 7.38. The summed E-state index contributed by atoms with van der Waals surface area (Å²) >= 11 is 0. The largest absolute Gasteiger partial charge is 0.500 e. The molecule has 7 nitrogen and oxygen atoms in total. The molecule has 6 atom stereocenters. The average Bonchev–Trinajstić information content (AvgIpc) is 3.69. The van der Waals surface area contributed by atoms with Crippen LogP contribution < -0.4 is 0 Å². The van der Waals surface area contributed by atoms with E-state index >= 15 is 0 Å². The summed E-state index contributed by atoms with van der Waals surface area (Å²) in [6, 6.07) is 0.732. The van der Waals surface area contributed by atoms with Crippen LogP contribution in [-0.4, -0.2) is 76.3 Å². The van der Waals surface area contributed by atoms with Crippen LogP contribution in [0.25, 0.3) is 0 Å². The molecule has 9 heteroatoms. The third-order valence-electron chi connectivity index (χ3n) is 8.59. The molecule has 4 rings (SSSR count). The van der Waals surface area contributed by atoms with Crippen molar-refractivity contribution >= 4 is 17.4 Å². The maximum Gasteiger partial charge on any atom is 0.500 e. The number of ether oxygens (including phenoxy) is 2. The van der Waals surface area contributed by atoms with Crippen LogP contribution >= 0.6 is 0 Å². The Morgan fingerprint density at radius 3 is 1.55 bits per heavy atom. The van der Waals surface area contributed by atoms with Gasteiger partial charge in [-0.05, 0) is 70.8 Å². The van der Waals surface area contributed by atoms with E-state index < -0.39 is 17.4 Å². The minimum atomic E-state index is -2.91. The quantitative estimate of drug-likeness (QED) is 0.314. The van der Waals surface area contributed by atoms with Gasteiger partial charge in [-0.15, -0.1) is 0 Å². The molecule has 2 aliphatic heterocycles. The molecule has 2 saturated heterocycles. The van der Waals surface area contributed by atoms with E-state index in [1.165, 1.54) is 0 Å². The summed E-state index contributed by atoms with van der Waals surface area (Å²) in [7, 11) is -0.429. The molecule has 4 fully saturated rings. The fourth-order valence-electron chi connectivity index (χ4n) is 6.95. The topological polar surface area (TPSA) is 71.2 Å². The molecule has 180 valence electrons. The zero-order chi connectivity index (χ0) is 22.3. The molecular weight excluding hydrogens is 432 g/mol. The van der Waals surface area contributed by atoms with Crippen molar-refractivity contribution < 1.29 is 31.6 Å². The standard InChI is InChI=1S/C22H42O7Si2/c1-7-26-30(6,27-8-2)22(15-31(23-3,24-4)25-5,16-9-11-18-20(13-16)28-18)17-10-12-19-21(14-17)29-19/h16-21H,7-15H2,1-6H3. The molecule has 2 aliphatic carbocycles. The summed E-state index contributed by atoms with van der Waals surface area (Å²) in [5, 5.41) is -0.179. The van der Waals surface area contributed by atoms with Crippen LogP contribution in [0.4, 0.5) is 0 Å². The molecule has 31 heavy (non-hydrogen) atoms. The van der Waals surface area contributed by atoms with E-state index in [4.69, 9.17) is 31.6 Å². The van der Waals surface area contributed by atoms with Crippen LogP contribution in [0.5, 0.6) is 0 Å². The van der Waals surface area contributed by atoms with Gasteiger partial charge in [-0.25, -0.2) is 0 Å². The van der Waals surface area contributed by atoms with Gasteiger partial charge in [-0.2, -0.15) is 0 Å². The third-order valence-corrected chi connectivity index (χ3v) is 16.2. The van der Waals surface area contributed by atoms with E-state index in [1.807, 2.05) is 0 Å². The Hall–Kier alpha value is 0.154. The van der Waals surface area contributed by atoms with Crippen molar-refractivity contribution in [3.63, 3.8) is 0 Å². The van der Waals surface area contributed by atoms with Gasteiger partial charge in [0.2, 0.25) is 0 Å². The lowest BCUT2D eigenvalue weighted by Crippen LogP contribution is -2.63. The van der Waals surface area contributed by atoms with Gasteiger partial charge in [-0.1, -0.05) is 0 Å². The van der Waals surface area contributed by atoms with E-state index in [9.17, 15) is 0 Å². The summed E-state index contributed by atoms with van der Waals surface area (Å²) < 4.78 is 43.5. The average molecular weight is 475 g/mol. The number of hydrogen-bond donors (Lipinski definition) is 0. The molecule has 0 N–H and O–H groups in total. The zero-order valence-electron chi connectivity index (χ0n) is 20.2. The van der Waals surface area contributed by atoms with Crippen molar-refractivity contribution in [3.05, 3.63) is 0 Å². The first-order valence-corrected chi connectivity index (χ1v) is 16.4. The number of rotatable bonds is 12. The molecule has 4 aliphatic rings. The predicted molar refractivity (Wildman–Crippen MR) is 121 cm³/mol. The highest BCUT2D eigenvalue weighted by atomic mass is 28.4. The van der Waals surface area contributed by atoms with E-state index in [0.29, 0.717) is 49.5 Å². The first-order chi connectivity index (χ1) is 14.9. The Morgan fingerprint density at radius 1 is 0.742 bits per heavy atom. The van der Waals surface area contributed by atoms with Gasteiger partial charge >= 0.3 is 17.4 Å². The number of epoxide rings is 2. The molecule has 0 bridgehead atoms. The minimum absolute atomic E-state index is 0.179. The Balaban J connectivity index is 1.81. The lowest BCUT2D eigenvalue weighted by atomic mass is 9.69. The number of hydrogen-bond acceptors (Lipinski definition) is 7. The van der Waals surface area contributed by atoms with E-state index in [0.717, 1.165) is 44.6 Å². The molecule has 6 unspecified atom stereocenters. The second kappa shape index (κ2) is 9.42. The third kappa shape index (κ3) is 4.35. The summed E-state index contributed by atoms with van der Waals surface area (Å²) in [5.74, 6) is 0.886. The maximum atomic E-state index is 6.71. The molecule has 0 aromatic rings. The molecule has 0 aromatic heterocycles. The van der Waals surface area contributed by atoms with Crippen molar-refractivity contribution in [1.29, 1.82) is 0 Å². The predicted octanol–water partition coefficient (Wildman–Crippen LogP) is 3.88. The van der Waals surface area contributed by atoms with E-state index in [-0.39, 0.29) is 5.04 Å². The smallest absolute Gasteiger partial charge is 0.394 e. The van der Waals surface area contributed by atoms with Gasteiger partial charge in [0.15, 0.2) is 0 Å². The minimum Gasteiger partial charge on any atom is -0.394 e. The Bertz CT molecular complexity index is 574. The normalized spacial score (nSPS) is 37.0. The van der Waals surface area contributed by atoms with Gasteiger partial charge in [0.1, 0.15) is 0 Å².